The van der Waals surface area contributed by atoms with Crippen LogP contribution in [0.25, 0.3) is 0 Å². The monoisotopic (exact) mass is 425 g/mol. The zero-order valence-corrected chi connectivity index (χ0v) is 15.1. The van der Waals surface area contributed by atoms with Crippen LogP contribution in [0.15, 0.2) is 26.0 Å². The van der Waals surface area contributed by atoms with Gasteiger partial charge in [-0.2, -0.15) is 4.31 Å². The van der Waals surface area contributed by atoms with Crippen molar-refractivity contribution in [2.75, 3.05) is 19.7 Å². The smallest absolute Gasteiger partial charge is 0.244 e. The average molecular weight is 427 g/mol. The molecule has 1 atom stereocenters. The van der Waals surface area contributed by atoms with E-state index in [4.69, 9.17) is 0 Å². The highest BCUT2D eigenvalue weighted by molar-refractivity contribution is 9.11. The minimum absolute atomic E-state index is 0.0325. The van der Waals surface area contributed by atoms with Crippen molar-refractivity contribution in [1.29, 1.82) is 0 Å². The van der Waals surface area contributed by atoms with E-state index in [2.05, 4.69) is 31.9 Å². The third kappa shape index (κ3) is 3.27. The second kappa shape index (κ2) is 6.44. The molecular weight excluding hydrogens is 410 g/mol. The van der Waals surface area contributed by atoms with Crippen LogP contribution in [0.1, 0.15) is 18.4 Å². The second-order valence-electron chi connectivity index (χ2n) is 5.09. The van der Waals surface area contributed by atoms with Crippen LogP contribution < -0.4 is 0 Å². The van der Waals surface area contributed by atoms with Crippen LogP contribution >= 0.6 is 31.9 Å². The number of sulfonamides is 1. The second-order valence-corrected chi connectivity index (χ2v) is 8.70. The molecule has 1 fully saturated rings. The molecule has 1 N–H and O–H groups in total. The Morgan fingerprint density at radius 2 is 2.05 bits per heavy atom. The van der Waals surface area contributed by atoms with Crippen molar-refractivity contribution in [2.24, 2.45) is 5.92 Å². The summed E-state index contributed by atoms with van der Waals surface area (Å²) < 4.78 is 28.3. The maximum atomic E-state index is 12.7. The van der Waals surface area contributed by atoms with Crippen LogP contribution in [0.2, 0.25) is 0 Å². The summed E-state index contributed by atoms with van der Waals surface area (Å²) in [5, 5.41) is 9.24. The van der Waals surface area contributed by atoms with Crippen LogP contribution in [0.3, 0.4) is 0 Å². The summed E-state index contributed by atoms with van der Waals surface area (Å²) in [5.41, 5.74) is 0.975. The normalized spacial score (nSPS) is 21.1. The molecule has 1 aliphatic rings. The van der Waals surface area contributed by atoms with Gasteiger partial charge in [0.05, 0.1) is 4.90 Å². The lowest BCUT2D eigenvalue weighted by molar-refractivity contribution is 0.165. The highest BCUT2D eigenvalue weighted by Gasteiger charge is 2.31. The van der Waals surface area contributed by atoms with Crippen LogP contribution in [0.4, 0.5) is 0 Å². The molecule has 7 heteroatoms. The Morgan fingerprint density at radius 1 is 1.35 bits per heavy atom. The third-order valence-corrected chi connectivity index (χ3v) is 7.25. The van der Waals surface area contributed by atoms with E-state index in [0.717, 1.165) is 22.9 Å². The number of nitrogens with zero attached hydrogens (tertiary/aromatic N) is 1. The van der Waals surface area contributed by atoms with E-state index in [9.17, 15) is 13.5 Å². The predicted octanol–water partition coefficient (Wildman–Crippen LogP) is 2.91. The van der Waals surface area contributed by atoms with E-state index in [1.54, 1.807) is 12.1 Å². The van der Waals surface area contributed by atoms with Gasteiger partial charge in [0.2, 0.25) is 10.0 Å². The number of aryl methyl sites for hydroxylation is 1. The molecule has 0 aromatic heterocycles. The molecule has 1 aromatic rings. The molecule has 0 spiro atoms. The van der Waals surface area contributed by atoms with Gasteiger partial charge < -0.3 is 5.11 Å². The Bertz CT molecular complexity index is 604. The molecule has 112 valence electrons. The summed E-state index contributed by atoms with van der Waals surface area (Å²) in [5.74, 6) is 0.0335. The van der Waals surface area contributed by atoms with Crippen molar-refractivity contribution in [3.05, 3.63) is 26.6 Å². The molecule has 0 saturated carbocycles. The first-order valence-corrected chi connectivity index (χ1v) is 9.45. The summed E-state index contributed by atoms with van der Waals surface area (Å²) in [6, 6.07) is 3.43. The van der Waals surface area contributed by atoms with Crippen molar-refractivity contribution in [2.45, 2.75) is 24.7 Å². The minimum Gasteiger partial charge on any atom is -0.396 e. The van der Waals surface area contributed by atoms with Gasteiger partial charge in [-0.25, -0.2) is 8.42 Å². The van der Waals surface area contributed by atoms with Gasteiger partial charge in [0, 0.05) is 28.6 Å². The summed E-state index contributed by atoms with van der Waals surface area (Å²) in [6.45, 7) is 2.84. The Hall–Kier alpha value is 0.0500. The SMILES string of the molecule is Cc1cc(Br)c(S(=O)(=O)N2CCCC(CO)C2)cc1Br. The van der Waals surface area contributed by atoms with Gasteiger partial charge in [-0.15, -0.1) is 0 Å². The average Bonchev–Trinajstić information content (AvgIpc) is 2.42. The molecule has 1 saturated heterocycles. The van der Waals surface area contributed by atoms with E-state index in [1.807, 2.05) is 6.92 Å². The molecule has 1 aliphatic heterocycles. The van der Waals surface area contributed by atoms with Gasteiger partial charge >= 0.3 is 0 Å². The number of piperidine rings is 1. The van der Waals surface area contributed by atoms with E-state index in [1.165, 1.54) is 4.31 Å². The molecule has 1 heterocycles. The number of aliphatic hydroxyl groups is 1. The van der Waals surface area contributed by atoms with E-state index >= 15 is 0 Å². The highest BCUT2D eigenvalue weighted by Crippen LogP contribution is 2.32. The molecule has 0 amide bonds. The summed E-state index contributed by atoms with van der Waals surface area (Å²) in [4.78, 5) is 0.272. The standard InChI is InChI=1S/C13H17Br2NO3S/c1-9-5-12(15)13(6-11(9)14)20(18,19)16-4-2-3-10(7-16)8-17/h5-6,10,17H,2-4,7-8H2,1H3. The lowest BCUT2D eigenvalue weighted by Gasteiger charge is -2.31. The third-order valence-electron chi connectivity index (χ3n) is 3.57. The fraction of sp³-hybridized carbons (Fsp3) is 0.538. The Balaban J connectivity index is 2.37. The van der Waals surface area contributed by atoms with Crippen LogP contribution in [-0.4, -0.2) is 37.5 Å². The van der Waals surface area contributed by atoms with Crippen LogP contribution in [0, 0.1) is 12.8 Å². The van der Waals surface area contributed by atoms with Crippen molar-refractivity contribution < 1.29 is 13.5 Å². The highest BCUT2D eigenvalue weighted by atomic mass is 79.9. The molecule has 0 aliphatic carbocycles. The predicted molar refractivity (Wildman–Crippen MR) is 85.1 cm³/mol. The molecule has 2 rings (SSSR count). The summed E-state index contributed by atoms with van der Waals surface area (Å²) >= 11 is 6.72. The van der Waals surface area contributed by atoms with Gasteiger partial charge in [0.25, 0.3) is 0 Å². The first-order valence-electron chi connectivity index (χ1n) is 6.43. The summed E-state index contributed by atoms with van der Waals surface area (Å²) in [7, 11) is -3.53. The number of rotatable bonds is 3. The van der Waals surface area contributed by atoms with Crippen molar-refractivity contribution >= 4 is 41.9 Å². The minimum atomic E-state index is -3.53. The number of aliphatic hydroxyl groups excluding tert-OH is 1. The largest absolute Gasteiger partial charge is 0.396 e. The maximum absolute atomic E-state index is 12.7. The Kier molecular flexibility index (Phi) is 5.29. The van der Waals surface area contributed by atoms with E-state index in [-0.39, 0.29) is 17.4 Å². The molecule has 0 bridgehead atoms. The quantitative estimate of drug-likeness (QED) is 0.808. The first-order chi connectivity index (χ1) is 9.36. The molecule has 0 radical (unpaired) electrons. The first kappa shape index (κ1) is 16.4. The van der Waals surface area contributed by atoms with Gasteiger partial charge in [-0.3, -0.25) is 0 Å². The molecule has 1 unspecified atom stereocenters. The number of hydrogen-bond acceptors (Lipinski definition) is 3. The Labute approximate surface area is 136 Å². The number of hydrogen-bond donors (Lipinski definition) is 1. The molecule has 1 aromatic carbocycles. The number of halogens is 2. The van der Waals surface area contributed by atoms with Gasteiger partial charge in [0.1, 0.15) is 0 Å². The fourth-order valence-electron chi connectivity index (χ4n) is 2.36. The molecule has 20 heavy (non-hydrogen) atoms. The van der Waals surface area contributed by atoms with Gasteiger partial charge in [-0.1, -0.05) is 15.9 Å². The van der Waals surface area contributed by atoms with Crippen LogP contribution in [-0.2, 0) is 10.0 Å². The summed E-state index contributed by atoms with van der Waals surface area (Å²) in [6.07, 6.45) is 1.66. The topological polar surface area (TPSA) is 57.6 Å². The fourth-order valence-corrected chi connectivity index (χ4v) is 5.55. The van der Waals surface area contributed by atoms with Crippen molar-refractivity contribution in [3.63, 3.8) is 0 Å². The van der Waals surface area contributed by atoms with Gasteiger partial charge in [-0.05, 0) is 59.3 Å². The van der Waals surface area contributed by atoms with Crippen LogP contribution in [0.5, 0.6) is 0 Å². The lowest BCUT2D eigenvalue weighted by Crippen LogP contribution is -2.41. The lowest BCUT2D eigenvalue weighted by atomic mass is 10.0. The van der Waals surface area contributed by atoms with Crippen molar-refractivity contribution in [1.82, 2.24) is 4.31 Å². The molecule has 4 nitrogen and oxygen atoms in total. The Morgan fingerprint density at radius 3 is 2.70 bits per heavy atom. The van der Waals surface area contributed by atoms with Gasteiger partial charge in [0.15, 0.2) is 0 Å². The zero-order valence-electron chi connectivity index (χ0n) is 11.1. The van der Waals surface area contributed by atoms with Crippen molar-refractivity contribution in [3.8, 4) is 0 Å². The number of benzene rings is 1. The van der Waals surface area contributed by atoms with E-state index in [0.29, 0.717) is 17.6 Å². The van der Waals surface area contributed by atoms with E-state index < -0.39 is 10.0 Å². The maximum Gasteiger partial charge on any atom is 0.244 e. The molecular formula is C13H17Br2NO3S. The zero-order chi connectivity index (χ0) is 14.9.